The zero-order chi connectivity index (χ0) is 18.0. The minimum atomic E-state index is -3.75. The molecule has 0 radical (unpaired) electrons. The molecule has 0 unspecified atom stereocenters. The van der Waals surface area contributed by atoms with E-state index in [-0.39, 0.29) is 12.3 Å². The van der Waals surface area contributed by atoms with Crippen molar-refractivity contribution in [2.75, 3.05) is 35.2 Å². The number of carbonyl (C=O) groups excluding carboxylic acids is 1. The fraction of sp³-hybridized carbons (Fsp3) is 0.562. The van der Waals surface area contributed by atoms with Gasteiger partial charge in [-0.05, 0) is 44.4 Å². The monoisotopic (exact) mass is 372 g/mol. The van der Waals surface area contributed by atoms with Crippen molar-refractivity contribution in [1.82, 2.24) is 0 Å². The van der Waals surface area contributed by atoms with Gasteiger partial charge in [-0.2, -0.15) is 8.42 Å². The summed E-state index contributed by atoms with van der Waals surface area (Å²) in [4.78, 5) is 15.1. The summed E-state index contributed by atoms with van der Waals surface area (Å²) in [6.07, 6.45) is 1.23. The number of halogens is 1. The van der Waals surface area contributed by atoms with E-state index in [1.54, 1.807) is 12.1 Å². The van der Waals surface area contributed by atoms with Gasteiger partial charge in [0.15, 0.2) is 0 Å². The second-order valence-electron chi connectivity index (χ2n) is 6.05. The summed E-state index contributed by atoms with van der Waals surface area (Å²) >= 11 is 0. The lowest BCUT2D eigenvalue weighted by Gasteiger charge is -2.29. The maximum Gasteiger partial charge on any atom is 0.416 e. The maximum absolute atomic E-state index is 14.5. The molecule has 2 fully saturated rings. The van der Waals surface area contributed by atoms with Crippen molar-refractivity contribution in [2.45, 2.75) is 32.5 Å². The van der Waals surface area contributed by atoms with E-state index in [0.29, 0.717) is 11.4 Å². The van der Waals surface area contributed by atoms with Gasteiger partial charge in [-0.15, -0.1) is 0 Å². The Morgan fingerprint density at radius 3 is 2.64 bits per heavy atom. The van der Waals surface area contributed by atoms with Crippen LogP contribution in [0.15, 0.2) is 18.2 Å². The fourth-order valence-electron chi connectivity index (χ4n) is 2.98. The molecule has 9 heteroatoms. The first kappa shape index (κ1) is 17.9. The van der Waals surface area contributed by atoms with Crippen LogP contribution in [-0.2, 0) is 19.0 Å². The lowest BCUT2D eigenvalue weighted by atomic mass is 10.1. The molecule has 0 saturated carbocycles. The minimum absolute atomic E-state index is 0.111. The largest absolute Gasteiger partial charge is 0.416 e. The van der Waals surface area contributed by atoms with Crippen molar-refractivity contribution in [3.8, 4) is 0 Å². The molecule has 1 aromatic rings. The van der Waals surface area contributed by atoms with Crippen molar-refractivity contribution < 1.29 is 26.5 Å². The highest BCUT2D eigenvalue weighted by Crippen LogP contribution is 2.29. The molecule has 1 atom stereocenters. The van der Waals surface area contributed by atoms with E-state index in [1.807, 2.05) is 4.90 Å². The van der Waals surface area contributed by atoms with E-state index in [1.165, 1.54) is 17.9 Å². The number of piperidine rings is 1. The van der Waals surface area contributed by atoms with Crippen molar-refractivity contribution in [1.29, 1.82) is 0 Å². The molecule has 0 N–H and O–H groups in total. The lowest BCUT2D eigenvalue weighted by Crippen LogP contribution is -2.30. The minimum Gasteiger partial charge on any atom is -0.416 e. The summed E-state index contributed by atoms with van der Waals surface area (Å²) in [7, 11) is -3.75. The predicted molar refractivity (Wildman–Crippen MR) is 90.6 cm³/mol. The number of carbonyl (C=O) groups is 1. The Hall–Kier alpha value is -1.87. The molecule has 0 aliphatic carbocycles. The molecule has 3 rings (SSSR count). The Morgan fingerprint density at radius 1 is 1.28 bits per heavy atom. The van der Waals surface area contributed by atoms with Gasteiger partial charge < -0.3 is 9.64 Å². The van der Waals surface area contributed by atoms with Crippen LogP contribution in [0.25, 0.3) is 0 Å². The van der Waals surface area contributed by atoms with Gasteiger partial charge in [0.25, 0.3) is 10.1 Å². The number of hydrogen-bond donors (Lipinski definition) is 0. The van der Waals surface area contributed by atoms with E-state index in [9.17, 15) is 17.6 Å². The van der Waals surface area contributed by atoms with Crippen LogP contribution in [0.4, 0.5) is 20.6 Å². The maximum atomic E-state index is 14.5. The molecule has 2 aliphatic heterocycles. The molecule has 1 amide bonds. The first-order valence-electron chi connectivity index (χ1n) is 8.33. The van der Waals surface area contributed by atoms with Crippen molar-refractivity contribution in [3.63, 3.8) is 0 Å². The van der Waals surface area contributed by atoms with Crippen LogP contribution < -0.4 is 9.80 Å². The molecule has 25 heavy (non-hydrogen) atoms. The topological polar surface area (TPSA) is 76.2 Å². The number of cyclic esters (lactones) is 1. The second-order valence-corrected chi connectivity index (χ2v) is 7.94. The molecule has 0 aromatic heterocycles. The van der Waals surface area contributed by atoms with Gasteiger partial charge in [0, 0.05) is 13.1 Å². The zero-order valence-corrected chi connectivity index (χ0v) is 14.8. The lowest BCUT2D eigenvalue weighted by molar-refractivity contribution is 0.0109. The summed E-state index contributed by atoms with van der Waals surface area (Å²) in [6.45, 7) is 2.94. The smallest absolute Gasteiger partial charge is 0.416 e. The van der Waals surface area contributed by atoms with Gasteiger partial charge in [-0.25, -0.2) is 13.4 Å². The highest BCUT2D eigenvalue weighted by atomic mass is 32.2. The summed E-state index contributed by atoms with van der Waals surface area (Å²) in [6, 6.07) is 4.53. The van der Waals surface area contributed by atoms with Crippen LogP contribution >= 0.6 is 0 Å². The highest BCUT2D eigenvalue weighted by Gasteiger charge is 2.36. The number of benzene rings is 1. The van der Waals surface area contributed by atoms with Crippen molar-refractivity contribution >= 4 is 27.6 Å². The van der Waals surface area contributed by atoms with Crippen LogP contribution in [0.3, 0.4) is 0 Å². The first-order chi connectivity index (χ1) is 11.9. The Balaban J connectivity index is 1.73. The first-order valence-corrected chi connectivity index (χ1v) is 9.91. The Kier molecular flexibility index (Phi) is 5.14. The average Bonchev–Trinajstić information content (AvgIpc) is 2.95. The van der Waals surface area contributed by atoms with E-state index >= 15 is 0 Å². The van der Waals surface area contributed by atoms with E-state index in [2.05, 4.69) is 0 Å². The van der Waals surface area contributed by atoms with Crippen LogP contribution in [0.2, 0.25) is 0 Å². The number of rotatable bonds is 5. The van der Waals surface area contributed by atoms with Gasteiger partial charge in [-0.1, -0.05) is 0 Å². The zero-order valence-electron chi connectivity index (χ0n) is 14.0. The Bertz CT molecular complexity index is 749. The molecule has 138 valence electrons. The third-order valence-corrected chi connectivity index (χ3v) is 5.55. The number of ether oxygens (including phenoxy) is 1. The van der Waals surface area contributed by atoms with Gasteiger partial charge in [-0.3, -0.25) is 4.90 Å². The van der Waals surface area contributed by atoms with Gasteiger partial charge in [0.05, 0.1) is 23.7 Å². The van der Waals surface area contributed by atoms with Crippen LogP contribution in [0, 0.1) is 5.82 Å². The van der Waals surface area contributed by atoms with Crippen LogP contribution in [-0.4, -0.2) is 46.2 Å². The van der Waals surface area contributed by atoms with Crippen LogP contribution in [0.5, 0.6) is 0 Å². The standard InChI is InChI=1S/C16H21FN2O5S/c1-2-25(21,22)24-15-11-19(16(20)23-15)12-6-7-14(13(17)10-12)18-8-4-3-5-9-18/h6-7,10,15H,2-5,8-9,11H2,1H3/t15-/m1/s1. The van der Waals surface area contributed by atoms with Crippen molar-refractivity contribution in [3.05, 3.63) is 24.0 Å². The molecule has 0 bridgehead atoms. The molecule has 7 nitrogen and oxygen atoms in total. The van der Waals surface area contributed by atoms with E-state index in [4.69, 9.17) is 8.92 Å². The molecular formula is C16H21FN2O5S. The Morgan fingerprint density at radius 2 is 2.00 bits per heavy atom. The van der Waals surface area contributed by atoms with Gasteiger partial charge in [0.1, 0.15) is 5.82 Å². The van der Waals surface area contributed by atoms with Crippen LogP contribution in [0.1, 0.15) is 26.2 Å². The van der Waals surface area contributed by atoms with Gasteiger partial charge in [0.2, 0.25) is 6.29 Å². The molecule has 2 heterocycles. The summed E-state index contributed by atoms with van der Waals surface area (Å²) < 4.78 is 47.2. The summed E-state index contributed by atoms with van der Waals surface area (Å²) in [5.41, 5.74) is 0.820. The third-order valence-electron chi connectivity index (χ3n) is 4.33. The number of anilines is 2. The fourth-order valence-corrected chi connectivity index (χ4v) is 3.55. The molecule has 2 saturated heterocycles. The number of nitrogens with zero attached hydrogens (tertiary/aromatic N) is 2. The predicted octanol–water partition coefficient (Wildman–Crippen LogP) is 2.47. The van der Waals surface area contributed by atoms with E-state index in [0.717, 1.165) is 32.4 Å². The average molecular weight is 372 g/mol. The quantitative estimate of drug-likeness (QED) is 0.739. The Labute approximate surface area is 146 Å². The molecule has 2 aliphatic rings. The normalized spacial score (nSPS) is 21.5. The number of hydrogen-bond acceptors (Lipinski definition) is 6. The second kappa shape index (κ2) is 7.17. The number of amides is 1. The molecular weight excluding hydrogens is 351 g/mol. The highest BCUT2D eigenvalue weighted by molar-refractivity contribution is 7.86. The molecule has 1 aromatic carbocycles. The van der Waals surface area contributed by atoms with Gasteiger partial charge >= 0.3 is 6.09 Å². The summed E-state index contributed by atoms with van der Waals surface area (Å²) in [5, 5.41) is 0. The SMILES string of the molecule is CCS(=O)(=O)O[C@@H]1CN(c2ccc(N3CCCCC3)c(F)c2)C(=O)O1. The van der Waals surface area contributed by atoms with Crippen molar-refractivity contribution in [2.24, 2.45) is 0 Å². The third kappa shape index (κ3) is 4.04. The molecule has 0 spiro atoms. The van der Waals surface area contributed by atoms with E-state index < -0.39 is 28.3 Å². The summed E-state index contributed by atoms with van der Waals surface area (Å²) in [5.74, 6) is -0.641.